The summed E-state index contributed by atoms with van der Waals surface area (Å²) >= 11 is 3.05. The molecule has 0 bridgehead atoms. The van der Waals surface area contributed by atoms with Gasteiger partial charge in [0.05, 0.1) is 23.7 Å². The first kappa shape index (κ1) is 20.4. The number of fused-ring (bicyclic) bond motifs is 1. The van der Waals surface area contributed by atoms with Crippen LogP contribution in [0.5, 0.6) is 0 Å². The summed E-state index contributed by atoms with van der Waals surface area (Å²) in [6.45, 7) is 2.12. The number of benzene rings is 2. The van der Waals surface area contributed by atoms with Gasteiger partial charge in [-0.05, 0) is 42.0 Å². The lowest BCUT2D eigenvalue weighted by atomic mass is 10.1. The van der Waals surface area contributed by atoms with Crippen molar-refractivity contribution in [2.45, 2.75) is 31.2 Å². The molecule has 0 fully saturated rings. The number of esters is 1. The van der Waals surface area contributed by atoms with Gasteiger partial charge in [-0.3, -0.25) is 9.59 Å². The van der Waals surface area contributed by atoms with Gasteiger partial charge in [0.25, 0.3) is 5.91 Å². The second-order valence-electron chi connectivity index (χ2n) is 6.23. The van der Waals surface area contributed by atoms with Gasteiger partial charge >= 0.3 is 5.97 Å². The van der Waals surface area contributed by atoms with Gasteiger partial charge in [0.1, 0.15) is 6.54 Å². The van der Waals surface area contributed by atoms with Crippen LogP contribution in [-0.4, -0.2) is 29.8 Å². The third-order valence-corrected chi connectivity index (χ3v) is 6.18. The summed E-state index contributed by atoms with van der Waals surface area (Å²) < 4.78 is 7.53. The number of carbonyl (C=O) groups is 2. The molecule has 3 aromatic rings. The number of ether oxygens (including phenoxy) is 1. The maximum absolute atomic E-state index is 12.6. The number of thioether (sulfide) groups is 1. The first-order valence-electron chi connectivity index (χ1n) is 8.93. The first-order chi connectivity index (χ1) is 13.5. The zero-order chi connectivity index (χ0) is 20.1. The minimum atomic E-state index is -0.377. The van der Waals surface area contributed by atoms with Crippen LogP contribution in [0.4, 0.5) is 0 Å². The quantitative estimate of drug-likeness (QED) is 0.454. The van der Waals surface area contributed by atoms with Crippen molar-refractivity contribution in [3.63, 3.8) is 0 Å². The van der Waals surface area contributed by atoms with Gasteiger partial charge in [-0.25, -0.2) is 0 Å². The molecule has 0 aliphatic rings. The van der Waals surface area contributed by atoms with Crippen molar-refractivity contribution in [1.29, 1.82) is 0 Å². The van der Waals surface area contributed by atoms with Crippen molar-refractivity contribution in [3.8, 4) is 0 Å². The monoisotopic (exact) mass is 414 g/mol. The highest BCUT2D eigenvalue weighted by molar-refractivity contribution is 7.98. The second-order valence-corrected chi connectivity index (χ2v) is 8.12. The number of aromatic nitrogens is 1. The Morgan fingerprint density at radius 1 is 1.14 bits per heavy atom. The normalized spacial score (nSPS) is 11.8. The summed E-state index contributed by atoms with van der Waals surface area (Å²) in [7, 11) is 1.35. The zero-order valence-electron chi connectivity index (χ0n) is 16.1. The lowest BCUT2D eigenvalue weighted by Crippen LogP contribution is -2.22. The molecule has 146 valence electrons. The van der Waals surface area contributed by atoms with Crippen molar-refractivity contribution in [3.05, 3.63) is 58.4 Å². The van der Waals surface area contributed by atoms with Crippen LogP contribution in [0, 0.1) is 0 Å². The van der Waals surface area contributed by atoms with Crippen LogP contribution in [-0.2, 0) is 33.7 Å². The molecule has 5 nitrogen and oxygen atoms in total. The number of hydrogen-bond acceptors (Lipinski definition) is 5. The number of aryl methyl sites for hydroxylation is 1. The highest BCUT2D eigenvalue weighted by Gasteiger charge is 2.12. The predicted molar refractivity (Wildman–Crippen MR) is 114 cm³/mol. The molecule has 3 rings (SSSR count). The molecular formula is C21H22N2O3S2. The molecule has 0 spiro atoms. The van der Waals surface area contributed by atoms with E-state index in [0.29, 0.717) is 4.80 Å². The fraction of sp³-hybridized carbons (Fsp3) is 0.286. The van der Waals surface area contributed by atoms with Crippen molar-refractivity contribution in [2.75, 3.05) is 13.4 Å². The number of carbonyl (C=O) groups excluding carboxylic acids is 2. The molecule has 0 radical (unpaired) electrons. The molecule has 0 aliphatic carbocycles. The third kappa shape index (κ3) is 4.72. The van der Waals surface area contributed by atoms with Crippen LogP contribution < -0.4 is 4.80 Å². The number of amides is 1. The molecule has 7 heteroatoms. The number of methoxy groups -OCH3 is 1. The Labute approximate surface area is 172 Å². The molecule has 0 atom stereocenters. The van der Waals surface area contributed by atoms with Gasteiger partial charge in [-0.1, -0.05) is 42.5 Å². The SMILES string of the molecule is CCc1ccc(CC(=O)N=c2sc3cc(SC)ccc3n2CC(=O)OC)cc1. The van der Waals surface area contributed by atoms with Gasteiger partial charge < -0.3 is 9.30 Å². The summed E-state index contributed by atoms with van der Waals surface area (Å²) in [6, 6.07) is 14.0. The highest BCUT2D eigenvalue weighted by Crippen LogP contribution is 2.24. The van der Waals surface area contributed by atoms with Crippen molar-refractivity contribution < 1.29 is 14.3 Å². The standard InChI is InChI=1S/C21H22N2O3S2/c1-4-14-5-7-15(8-6-14)11-19(24)22-21-23(13-20(25)26-2)17-10-9-16(27-3)12-18(17)28-21/h5-10,12H,4,11,13H2,1-3H3. The fourth-order valence-corrected chi connectivity index (χ4v) is 4.43. The number of hydrogen-bond donors (Lipinski definition) is 0. The summed E-state index contributed by atoms with van der Waals surface area (Å²) in [5.41, 5.74) is 3.03. The molecule has 1 amide bonds. The Morgan fingerprint density at radius 2 is 1.86 bits per heavy atom. The van der Waals surface area contributed by atoms with E-state index in [4.69, 9.17) is 4.74 Å². The molecule has 0 saturated heterocycles. The average molecular weight is 415 g/mol. The lowest BCUT2D eigenvalue weighted by molar-refractivity contribution is -0.141. The summed E-state index contributed by atoms with van der Waals surface area (Å²) in [5, 5.41) is 0. The van der Waals surface area contributed by atoms with E-state index in [-0.39, 0.29) is 24.8 Å². The fourth-order valence-electron chi connectivity index (χ4n) is 2.83. The van der Waals surface area contributed by atoms with Gasteiger partial charge in [0.15, 0.2) is 4.80 Å². The van der Waals surface area contributed by atoms with Crippen LogP contribution in [0.2, 0.25) is 0 Å². The van der Waals surface area contributed by atoms with Gasteiger partial charge in [0, 0.05) is 4.90 Å². The molecule has 0 saturated carbocycles. The second kappa shape index (κ2) is 9.21. The van der Waals surface area contributed by atoms with E-state index in [0.717, 1.165) is 27.1 Å². The average Bonchev–Trinajstić information content (AvgIpc) is 3.04. The Hall–Kier alpha value is -2.38. The number of nitrogens with zero attached hydrogens (tertiary/aromatic N) is 2. The van der Waals surface area contributed by atoms with Crippen LogP contribution in [0.1, 0.15) is 18.1 Å². The zero-order valence-corrected chi connectivity index (χ0v) is 17.7. The Morgan fingerprint density at radius 3 is 2.50 bits per heavy atom. The molecule has 1 heterocycles. The minimum Gasteiger partial charge on any atom is -0.468 e. The topological polar surface area (TPSA) is 60.7 Å². The first-order valence-corrected chi connectivity index (χ1v) is 11.0. The van der Waals surface area contributed by atoms with E-state index in [1.54, 1.807) is 16.3 Å². The largest absolute Gasteiger partial charge is 0.468 e. The lowest BCUT2D eigenvalue weighted by Gasteiger charge is -2.04. The molecule has 0 N–H and O–H groups in total. The minimum absolute atomic E-state index is 0.0203. The van der Waals surface area contributed by atoms with E-state index in [2.05, 4.69) is 11.9 Å². The van der Waals surface area contributed by atoms with E-state index >= 15 is 0 Å². The number of rotatable bonds is 6. The van der Waals surface area contributed by atoms with Gasteiger partial charge in [0.2, 0.25) is 0 Å². The third-order valence-electron chi connectivity index (χ3n) is 4.41. The van der Waals surface area contributed by atoms with Crippen molar-refractivity contribution in [1.82, 2.24) is 4.57 Å². The van der Waals surface area contributed by atoms with Crippen LogP contribution in [0.25, 0.3) is 10.2 Å². The molecule has 2 aromatic carbocycles. The summed E-state index contributed by atoms with van der Waals surface area (Å²) in [5.74, 6) is -0.614. The molecule has 28 heavy (non-hydrogen) atoms. The van der Waals surface area contributed by atoms with Crippen LogP contribution in [0.15, 0.2) is 52.4 Å². The van der Waals surface area contributed by atoms with Crippen molar-refractivity contribution in [2.24, 2.45) is 4.99 Å². The maximum Gasteiger partial charge on any atom is 0.325 e. The van der Waals surface area contributed by atoms with E-state index in [1.165, 1.54) is 24.0 Å². The van der Waals surface area contributed by atoms with E-state index in [9.17, 15) is 9.59 Å². The highest BCUT2D eigenvalue weighted by atomic mass is 32.2. The smallest absolute Gasteiger partial charge is 0.325 e. The van der Waals surface area contributed by atoms with Crippen molar-refractivity contribution >= 4 is 45.2 Å². The molecule has 1 aromatic heterocycles. The Balaban J connectivity index is 1.97. The van der Waals surface area contributed by atoms with E-state index < -0.39 is 0 Å². The Bertz CT molecular complexity index is 1070. The predicted octanol–water partition coefficient (Wildman–Crippen LogP) is 3.83. The van der Waals surface area contributed by atoms with E-state index in [1.807, 2.05) is 48.7 Å². The summed E-state index contributed by atoms with van der Waals surface area (Å²) in [4.78, 5) is 30.3. The van der Waals surface area contributed by atoms with Crippen LogP contribution >= 0.6 is 23.1 Å². The molecule has 0 aliphatic heterocycles. The maximum atomic E-state index is 12.6. The number of thiazole rings is 1. The van der Waals surface area contributed by atoms with Gasteiger partial charge in [-0.15, -0.1) is 11.8 Å². The van der Waals surface area contributed by atoms with Crippen LogP contribution in [0.3, 0.4) is 0 Å². The Kier molecular flexibility index (Phi) is 6.70. The molecule has 0 unspecified atom stereocenters. The molecular weight excluding hydrogens is 392 g/mol. The van der Waals surface area contributed by atoms with Gasteiger partial charge in [-0.2, -0.15) is 4.99 Å². The summed E-state index contributed by atoms with van der Waals surface area (Å²) in [6.07, 6.45) is 3.20.